The van der Waals surface area contributed by atoms with Crippen LogP contribution in [0.25, 0.3) is 0 Å². The van der Waals surface area contributed by atoms with Crippen LogP contribution in [-0.2, 0) is 6.42 Å². The lowest BCUT2D eigenvalue weighted by molar-refractivity contribution is 0.699. The Balaban J connectivity index is 0.00000180. The summed E-state index contributed by atoms with van der Waals surface area (Å²) in [5.74, 6) is 0. The molecule has 0 spiro atoms. The first kappa shape index (κ1) is 15.5. The fourth-order valence-electron chi connectivity index (χ4n) is 2.00. The minimum absolute atomic E-state index is 0. The third-order valence-corrected chi connectivity index (χ3v) is 3.04. The summed E-state index contributed by atoms with van der Waals surface area (Å²) in [5.41, 5.74) is 9.85. The maximum atomic E-state index is 6.14. The van der Waals surface area contributed by atoms with Crippen molar-refractivity contribution in [2.45, 2.75) is 19.4 Å². The first-order valence-corrected chi connectivity index (χ1v) is 6.34. The van der Waals surface area contributed by atoms with Gasteiger partial charge in [-0.05, 0) is 30.5 Å². The van der Waals surface area contributed by atoms with E-state index in [2.05, 4.69) is 48.6 Å². The van der Waals surface area contributed by atoms with E-state index in [-0.39, 0.29) is 18.4 Å². The van der Waals surface area contributed by atoms with Gasteiger partial charge in [0.15, 0.2) is 0 Å². The summed E-state index contributed by atoms with van der Waals surface area (Å²) in [7, 11) is 0. The van der Waals surface area contributed by atoms with Gasteiger partial charge in [-0.3, -0.25) is 0 Å². The van der Waals surface area contributed by atoms with Crippen molar-refractivity contribution in [2.75, 3.05) is 11.9 Å². The van der Waals surface area contributed by atoms with Crippen LogP contribution in [0.1, 0.15) is 11.1 Å². The standard InChI is InChI=1S/C16H20N2.ClH/c1-13-7-5-6-10-16(13)18-12-15(17)11-14-8-3-2-4-9-14;/h2-10,15,18H,11-12,17H2,1H3;1H. The maximum Gasteiger partial charge on any atom is 0.0370 e. The highest BCUT2D eigenvalue weighted by Gasteiger charge is 2.04. The van der Waals surface area contributed by atoms with Crippen molar-refractivity contribution in [3.8, 4) is 0 Å². The molecule has 0 saturated heterocycles. The zero-order valence-corrected chi connectivity index (χ0v) is 12.0. The molecule has 19 heavy (non-hydrogen) atoms. The second-order valence-electron chi connectivity index (χ2n) is 4.65. The molecule has 102 valence electrons. The number of halogens is 1. The Kier molecular flexibility index (Phi) is 6.40. The van der Waals surface area contributed by atoms with Gasteiger partial charge < -0.3 is 11.1 Å². The van der Waals surface area contributed by atoms with Crippen LogP contribution in [0.2, 0.25) is 0 Å². The van der Waals surface area contributed by atoms with Gasteiger partial charge in [-0.2, -0.15) is 0 Å². The van der Waals surface area contributed by atoms with Crippen LogP contribution in [0, 0.1) is 6.92 Å². The molecule has 2 aromatic carbocycles. The molecular formula is C16H21ClN2. The molecule has 0 amide bonds. The van der Waals surface area contributed by atoms with Crippen molar-refractivity contribution < 1.29 is 0 Å². The highest BCUT2D eigenvalue weighted by atomic mass is 35.5. The Morgan fingerprint density at radius 1 is 1.00 bits per heavy atom. The van der Waals surface area contributed by atoms with E-state index in [9.17, 15) is 0 Å². The van der Waals surface area contributed by atoms with Crippen LogP contribution in [0.4, 0.5) is 5.69 Å². The number of nitrogens with two attached hydrogens (primary N) is 1. The van der Waals surface area contributed by atoms with E-state index in [1.807, 2.05) is 18.2 Å². The average molecular weight is 277 g/mol. The van der Waals surface area contributed by atoms with E-state index in [4.69, 9.17) is 5.73 Å². The number of anilines is 1. The van der Waals surface area contributed by atoms with Crippen LogP contribution in [-0.4, -0.2) is 12.6 Å². The molecule has 0 heterocycles. The first-order valence-electron chi connectivity index (χ1n) is 6.34. The van der Waals surface area contributed by atoms with Crippen LogP contribution >= 0.6 is 12.4 Å². The van der Waals surface area contributed by atoms with Gasteiger partial charge in [0.1, 0.15) is 0 Å². The number of aryl methyl sites for hydroxylation is 1. The fraction of sp³-hybridized carbons (Fsp3) is 0.250. The third-order valence-electron chi connectivity index (χ3n) is 3.04. The summed E-state index contributed by atoms with van der Waals surface area (Å²) < 4.78 is 0. The second kappa shape index (κ2) is 7.82. The highest BCUT2D eigenvalue weighted by Crippen LogP contribution is 2.13. The van der Waals surface area contributed by atoms with Crippen LogP contribution in [0.5, 0.6) is 0 Å². The molecule has 0 fully saturated rings. The Hall–Kier alpha value is -1.51. The van der Waals surface area contributed by atoms with Crippen molar-refractivity contribution in [1.82, 2.24) is 0 Å². The van der Waals surface area contributed by atoms with E-state index in [0.717, 1.165) is 13.0 Å². The van der Waals surface area contributed by atoms with Gasteiger partial charge in [-0.1, -0.05) is 48.5 Å². The van der Waals surface area contributed by atoms with Gasteiger partial charge in [0.05, 0.1) is 0 Å². The molecule has 0 aliphatic carbocycles. The molecule has 0 bridgehead atoms. The van der Waals surface area contributed by atoms with Gasteiger partial charge in [0.2, 0.25) is 0 Å². The molecule has 0 saturated carbocycles. The molecule has 3 heteroatoms. The molecule has 2 nitrogen and oxygen atoms in total. The molecule has 1 unspecified atom stereocenters. The molecule has 2 aromatic rings. The highest BCUT2D eigenvalue weighted by molar-refractivity contribution is 5.85. The van der Waals surface area contributed by atoms with Gasteiger partial charge in [-0.25, -0.2) is 0 Å². The van der Waals surface area contributed by atoms with Crippen molar-refractivity contribution in [3.63, 3.8) is 0 Å². The van der Waals surface area contributed by atoms with Crippen LogP contribution in [0.15, 0.2) is 54.6 Å². The normalized spacial score (nSPS) is 11.5. The summed E-state index contributed by atoms with van der Waals surface area (Å²) in [4.78, 5) is 0. The van der Waals surface area contributed by atoms with E-state index in [1.54, 1.807) is 0 Å². The van der Waals surface area contributed by atoms with Crippen LogP contribution in [0.3, 0.4) is 0 Å². The lowest BCUT2D eigenvalue weighted by Crippen LogP contribution is -2.31. The molecule has 1 atom stereocenters. The lowest BCUT2D eigenvalue weighted by Gasteiger charge is -2.15. The predicted octanol–water partition coefficient (Wildman–Crippen LogP) is 3.40. The summed E-state index contributed by atoms with van der Waals surface area (Å²) in [6.07, 6.45) is 0.903. The van der Waals surface area contributed by atoms with E-state index in [1.165, 1.54) is 16.8 Å². The number of rotatable bonds is 5. The van der Waals surface area contributed by atoms with Gasteiger partial charge in [0.25, 0.3) is 0 Å². The summed E-state index contributed by atoms with van der Waals surface area (Å²) in [6.45, 7) is 2.89. The minimum Gasteiger partial charge on any atom is -0.383 e. The topological polar surface area (TPSA) is 38.0 Å². The summed E-state index contributed by atoms with van der Waals surface area (Å²) in [6, 6.07) is 18.8. The summed E-state index contributed by atoms with van der Waals surface area (Å²) >= 11 is 0. The summed E-state index contributed by atoms with van der Waals surface area (Å²) in [5, 5.41) is 3.41. The monoisotopic (exact) mass is 276 g/mol. The zero-order chi connectivity index (χ0) is 12.8. The fourth-order valence-corrected chi connectivity index (χ4v) is 2.00. The van der Waals surface area contributed by atoms with Gasteiger partial charge in [0, 0.05) is 18.3 Å². The molecular weight excluding hydrogens is 256 g/mol. The van der Waals surface area contributed by atoms with Crippen molar-refractivity contribution >= 4 is 18.1 Å². The number of hydrogen-bond acceptors (Lipinski definition) is 2. The molecule has 0 aliphatic heterocycles. The molecule has 0 aliphatic rings. The SMILES string of the molecule is Cc1ccccc1NCC(N)Cc1ccccc1.Cl. The number of nitrogens with one attached hydrogen (secondary N) is 1. The number of hydrogen-bond donors (Lipinski definition) is 2. The van der Waals surface area contributed by atoms with E-state index in [0.29, 0.717) is 0 Å². The maximum absolute atomic E-state index is 6.14. The lowest BCUT2D eigenvalue weighted by atomic mass is 10.1. The van der Waals surface area contributed by atoms with Crippen molar-refractivity contribution in [1.29, 1.82) is 0 Å². The molecule has 0 aromatic heterocycles. The van der Waals surface area contributed by atoms with Crippen molar-refractivity contribution in [3.05, 3.63) is 65.7 Å². The van der Waals surface area contributed by atoms with Gasteiger partial charge >= 0.3 is 0 Å². The average Bonchev–Trinajstić information content (AvgIpc) is 2.39. The van der Waals surface area contributed by atoms with E-state index < -0.39 is 0 Å². The second-order valence-corrected chi connectivity index (χ2v) is 4.65. The Labute approximate surface area is 121 Å². The molecule has 0 radical (unpaired) electrons. The van der Waals surface area contributed by atoms with Gasteiger partial charge in [-0.15, -0.1) is 12.4 Å². The number of para-hydroxylation sites is 1. The minimum atomic E-state index is 0. The molecule has 3 N–H and O–H groups in total. The Morgan fingerprint density at radius 2 is 1.63 bits per heavy atom. The zero-order valence-electron chi connectivity index (χ0n) is 11.2. The van der Waals surface area contributed by atoms with Crippen LogP contribution < -0.4 is 11.1 Å². The van der Waals surface area contributed by atoms with Crippen molar-refractivity contribution in [2.24, 2.45) is 5.73 Å². The Morgan fingerprint density at radius 3 is 2.32 bits per heavy atom. The number of benzene rings is 2. The molecule has 2 rings (SSSR count). The van der Waals surface area contributed by atoms with E-state index >= 15 is 0 Å². The smallest absolute Gasteiger partial charge is 0.0370 e. The quantitative estimate of drug-likeness (QED) is 0.878. The Bertz CT molecular complexity index is 485. The third kappa shape index (κ3) is 4.93. The largest absolute Gasteiger partial charge is 0.383 e. The predicted molar refractivity (Wildman–Crippen MR) is 85.0 cm³/mol. The first-order chi connectivity index (χ1) is 8.75.